The maximum atomic E-state index is 13.8. The van der Waals surface area contributed by atoms with Gasteiger partial charge in [-0.2, -0.15) is 0 Å². The zero-order chi connectivity index (χ0) is 29.4. The lowest BCUT2D eigenvalue weighted by Gasteiger charge is -2.88. The molecule has 220 valence electrons. The Morgan fingerprint density at radius 1 is 0.718 bits per heavy atom. The molecule has 0 heterocycles. The second-order valence-electron chi connectivity index (χ2n) is 17.7. The summed E-state index contributed by atoms with van der Waals surface area (Å²) in [4.78, 5) is 23.4. The van der Waals surface area contributed by atoms with Crippen LogP contribution in [0, 0.1) is 67.0 Å². The number of hydrogen-bond acceptors (Lipinski definition) is 2. The van der Waals surface area contributed by atoms with Crippen LogP contribution in [0.25, 0.3) is 0 Å². The number of carboxylic acids is 1. The van der Waals surface area contributed by atoms with Crippen LogP contribution < -0.4 is 0 Å². The monoisotopic (exact) mass is 538 g/mol. The molecule has 0 aromatic carbocycles. The Morgan fingerprint density at radius 3 is 1.62 bits per heavy atom. The fourth-order valence-corrected chi connectivity index (χ4v) is 14.1. The van der Waals surface area contributed by atoms with E-state index < -0.39 is 5.97 Å². The molecule has 9 aliphatic rings. The van der Waals surface area contributed by atoms with E-state index in [0.29, 0.717) is 27.4 Å². The highest BCUT2D eigenvalue weighted by Crippen LogP contribution is 2.92. The number of rotatable bonds is 4. The Kier molecular flexibility index (Phi) is 6.05. The Hall–Kier alpha value is -1.12. The van der Waals surface area contributed by atoms with Crippen LogP contribution in [0.1, 0.15) is 134 Å². The summed E-state index contributed by atoms with van der Waals surface area (Å²) in [6.07, 6.45) is 12.3. The number of carbonyl (C=O) groups excluding carboxylic acids is 1. The van der Waals surface area contributed by atoms with Crippen LogP contribution in [-0.4, -0.2) is 16.9 Å². The van der Waals surface area contributed by atoms with Gasteiger partial charge in [-0.05, 0) is 133 Å². The Bertz CT molecular complexity index is 1100. The zero-order valence-electron chi connectivity index (χ0n) is 27.1. The zero-order valence-corrected chi connectivity index (χ0v) is 27.1. The van der Waals surface area contributed by atoms with E-state index in [1.165, 1.54) is 58.3 Å². The summed E-state index contributed by atoms with van der Waals surface area (Å²) in [5, 5.41) is 7.89. The van der Waals surface area contributed by atoms with Crippen LogP contribution in [-0.2, 0) is 9.59 Å². The van der Waals surface area contributed by atoms with Gasteiger partial charge in [0.25, 0.3) is 0 Å². The molecule has 0 aromatic heterocycles. The van der Waals surface area contributed by atoms with Gasteiger partial charge in [0.15, 0.2) is 0 Å². The molecule has 0 aromatic rings. The molecule has 9 rings (SSSR count). The van der Waals surface area contributed by atoms with Gasteiger partial charge in [0.2, 0.25) is 0 Å². The number of ketones is 1. The minimum absolute atomic E-state index is 0.104. The predicted molar refractivity (Wildman–Crippen MR) is 159 cm³/mol. The molecular formula is C36H58O3. The minimum atomic E-state index is -0.935. The van der Waals surface area contributed by atoms with E-state index in [1.807, 2.05) is 6.92 Å². The molecule has 9 aliphatic carbocycles. The normalized spacial score (nSPS) is 51.1. The van der Waals surface area contributed by atoms with Crippen molar-refractivity contribution in [3.05, 3.63) is 12.2 Å². The fourth-order valence-electron chi connectivity index (χ4n) is 14.1. The lowest BCUT2D eigenvalue weighted by atomic mass is 9.15. The standard InChI is InChI=1S/C32H52O.C4H6O2/c1-20(33)31-18-22(26(31,4)5)13-16-30(31,10)32-19-23(27(32,6)7)12-15-29(32,9)28(8)14-11-21-17-24(28)25(21,2)3;1-3(2)4(5)6/h21-24H,11-19H2,1-10H3;1H2,2H3,(H,5,6). The highest BCUT2D eigenvalue weighted by atomic mass is 16.4. The smallest absolute Gasteiger partial charge is 0.330 e. The molecule has 9 unspecified atom stereocenters. The highest BCUT2D eigenvalue weighted by molar-refractivity contribution is 5.86. The molecule has 3 nitrogen and oxygen atoms in total. The maximum Gasteiger partial charge on any atom is 0.330 e. The van der Waals surface area contributed by atoms with Gasteiger partial charge in [0.05, 0.1) is 0 Å². The summed E-state index contributed by atoms with van der Waals surface area (Å²) in [5.74, 6) is 2.97. The molecule has 9 fully saturated rings. The van der Waals surface area contributed by atoms with Gasteiger partial charge in [0.1, 0.15) is 5.78 Å². The van der Waals surface area contributed by atoms with Gasteiger partial charge in [-0.15, -0.1) is 0 Å². The molecule has 0 radical (unpaired) electrons. The maximum absolute atomic E-state index is 13.8. The molecular weight excluding hydrogens is 480 g/mol. The summed E-state index contributed by atoms with van der Waals surface area (Å²) in [6.45, 7) is 30.2. The van der Waals surface area contributed by atoms with Crippen molar-refractivity contribution >= 4 is 11.8 Å². The second-order valence-corrected chi connectivity index (χ2v) is 17.7. The number of hydrogen-bond donors (Lipinski definition) is 1. The summed E-state index contributed by atoms with van der Waals surface area (Å²) >= 11 is 0. The molecule has 9 saturated carbocycles. The van der Waals surface area contributed by atoms with Crippen molar-refractivity contribution in [2.45, 2.75) is 134 Å². The lowest BCUT2D eigenvalue weighted by molar-refractivity contribution is -0.401. The van der Waals surface area contributed by atoms with Crippen molar-refractivity contribution in [2.24, 2.45) is 67.0 Å². The fraction of sp³-hybridized carbons (Fsp3) is 0.889. The largest absolute Gasteiger partial charge is 0.478 e. The average molecular weight is 539 g/mol. The van der Waals surface area contributed by atoms with Gasteiger partial charge < -0.3 is 5.11 Å². The first-order chi connectivity index (χ1) is 17.7. The third-order valence-corrected chi connectivity index (χ3v) is 16.6. The molecule has 39 heavy (non-hydrogen) atoms. The van der Waals surface area contributed by atoms with Crippen molar-refractivity contribution in [2.75, 3.05) is 0 Å². The van der Waals surface area contributed by atoms with E-state index in [9.17, 15) is 9.59 Å². The quantitative estimate of drug-likeness (QED) is 0.363. The van der Waals surface area contributed by atoms with Crippen molar-refractivity contribution in [3.8, 4) is 0 Å². The molecule has 0 saturated heterocycles. The van der Waals surface area contributed by atoms with E-state index in [2.05, 4.69) is 68.9 Å². The first-order valence-corrected chi connectivity index (χ1v) is 16.1. The molecule has 9 atom stereocenters. The van der Waals surface area contributed by atoms with Crippen LogP contribution in [0.5, 0.6) is 0 Å². The van der Waals surface area contributed by atoms with E-state index >= 15 is 0 Å². The average Bonchev–Trinajstić information content (AvgIpc) is 2.83. The van der Waals surface area contributed by atoms with Gasteiger partial charge >= 0.3 is 5.97 Å². The number of Topliss-reactive ketones (excluding diaryl/α,β-unsaturated/α-hetero) is 1. The van der Waals surface area contributed by atoms with Gasteiger partial charge in [0, 0.05) is 11.0 Å². The van der Waals surface area contributed by atoms with E-state index in [0.717, 1.165) is 30.1 Å². The first-order valence-electron chi connectivity index (χ1n) is 16.1. The van der Waals surface area contributed by atoms with Gasteiger partial charge in [-0.1, -0.05) is 68.9 Å². The van der Waals surface area contributed by atoms with Crippen molar-refractivity contribution in [3.63, 3.8) is 0 Å². The van der Waals surface area contributed by atoms with E-state index in [1.54, 1.807) is 0 Å². The van der Waals surface area contributed by atoms with Crippen LogP contribution in [0.15, 0.2) is 12.2 Å². The predicted octanol–water partition coefficient (Wildman–Crippen LogP) is 9.35. The van der Waals surface area contributed by atoms with Crippen molar-refractivity contribution in [1.29, 1.82) is 0 Å². The number of carbonyl (C=O) groups is 2. The summed E-state index contributed by atoms with van der Waals surface area (Å²) < 4.78 is 0. The molecule has 0 spiro atoms. The number of aliphatic carboxylic acids is 1. The summed E-state index contributed by atoms with van der Waals surface area (Å²) in [7, 11) is 0. The number of carboxylic acid groups (broad SMARTS) is 1. The van der Waals surface area contributed by atoms with Gasteiger partial charge in [-0.3, -0.25) is 4.79 Å². The van der Waals surface area contributed by atoms with Gasteiger partial charge in [-0.25, -0.2) is 4.79 Å². The van der Waals surface area contributed by atoms with Crippen molar-refractivity contribution < 1.29 is 14.7 Å². The summed E-state index contributed by atoms with van der Waals surface area (Å²) in [5.41, 5.74) is 2.07. The summed E-state index contributed by atoms with van der Waals surface area (Å²) in [6, 6.07) is 0. The van der Waals surface area contributed by atoms with Crippen LogP contribution in [0.4, 0.5) is 0 Å². The SMILES string of the molecule is C=C(C)C(=O)O.CC(=O)C12CC(CCC1(C)C13CC(CCC1(C)C1(C)CCC4CC1C4(C)C)C3(C)C)C2(C)C. The lowest BCUT2D eigenvalue weighted by Crippen LogP contribution is -2.84. The Morgan fingerprint density at radius 2 is 1.21 bits per heavy atom. The topological polar surface area (TPSA) is 54.4 Å². The second kappa shape index (κ2) is 8.03. The van der Waals surface area contributed by atoms with E-state index in [4.69, 9.17) is 5.11 Å². The molecule has 6 bridgehead atoms. The minimum Gasteiger partial charge on any atom is -0.478 e. The molecule has 0 aliphatic heterocycles. The third kappa shape index (κ3) is 2.88. The Labute approximate surface area is 239 Å². The molecule has 0 amide bonds. The van der Waals surface area contributed by atoms with Crippen molar-refractivity contribution in [1.82, 2.24) is 0 Å². The first kappa shape index (κ1) is 29.4. The van der Waals surface area contributed by atoms with Crippen LogP contribution in [0.3, 0.4) is 0 Å². The molecule has 1 N–H and O–H groups in total. The number of fused-ring (bicyclic) bond motifs is 7. The van der Waals surface area contributed by atoms with Crippen LogP contribution >= 0.6 is 0 Å². The Balaban J connectivity index is 0.000000465. The highest BCUT2D eigenvalue weighted by Gasteiger charge is 2.87. The third-order valence-electron chi connectivity index (χ3n) is 16.6. The van der Waals surface area contributed by atoms with Crippen LogP contribution in [0.2, 0.25) is 0 Å². The molecule has 3 heteroatoms. The van der Waals surface area contributed by atoms with E-state index in [-0.39, 0.29) is 27.2 Å².